The van der Waals surface area contributed by atoms with Gasteiger partial charge in [0, 0.05) is 0 Å². The van der Waals surface area contributed by atoms with Crippen LogP contribution >= 0.6 is 0 Å². The molecule has 0 spiro atoms. The molecule has 0 saturated carbocycles. The first-order chi connectivity index (χ1) is 7.40. The van der Waals surface area contributed by atoms with Gasteiger partial charge in [0.05, 0.1) is 0 Å². The molecule has 2 N–H and O–H groups in total. The summed E-state index contributed by atoms with van der Waals surface area (Å²) >= 11 is 0. The van der Waals surface area contributed by atoms with Gasteiger partial charge in [-0.1, -0.05) is 30.4 Å². The zero-order valence-corrected chi connectivity index (χ0v) is 9.21. The van der Waals surface area contributed by atoms with Crippen molar-refractivity contribution in [2.75, 3.05) is 6.54 Å². The van der Waals surface area contributed by atoms with Gasteiger partial charge in [-0.2, -0.15) is 0 Å². The second-order valence-electron chi connectivity index (χ2n) is 4.21. The van der Waals surface area contributed by atoms with Crippen LogP contribution in [0.3, 0.4) is 0 Å². The van der Waals surface area contributed by atoms with Gasteiger partial charge in [0.25, 0.3) is 0 Å². The van der Waals surface area contributed by atoms with Crippen LogP contribution in [0.5, 0.6) is 0 Å². The first-order valence-corrected chi connectivity index (χ1v) is 5.86. The molecule has 0 bridgehead atoms. The van der Waals surface area contributed by atoms with Crippen molar-refractivity contribution in [3.63, 3.8) is 0 Å². The lowest BCUT2D eigenvalue weighted by atomic mass is 10.0. The van der Waals surface area contributed by atoms with E-state index in [4.69, 9.17) is 5.73 Å². The Kier molecular flexibility index (Phi) is 3.57. The van der Waals surface area contributed by atoms with Crippen LogP contribution in [0.4, 0.5) is 0 Å². The van der Waals surface area contributed by atoms with Gasteiger partial charge >= 0.3 is 0 Å². The molecule has 0 heterocycles. The Morgan fingerprint density at radius 3 is 2.87 bits per heavy atom. The summed E-state index contributed by atoms with van der Waals surface area (Å²) in [6.45, 7) is 0.751. The fourth-order valence-electron chi connectivity index (χ4n) is 2.19. The van der Waals surface area contributed by atoms with Gasteiger partial charge in [-0.15, -0.1) is 0 Å². The normalized spacial score (nSPS) is 14.7. The number of aryl methyl sites for hydroxylation is 2. The van der Waals surface area contributed by atoms with Gasteiger partial charge in [0.1, 0.15) is 0 Å². The summed E-state index contributed by atoms with van der Waals surface area (Å²) < 4.78 is 0. The van der Waals surface area contributed by atoms with Crippen molar-refractivity contribution in [3.8, 4) is 0 Å². The molecule has 1 nitrogen and oxygen atoms in total. The Morgan fingerprint density at radius 1 is 1.13 bits per heavy atom. The smallest absolute Gasteiger partial charge is 0.00426 e. The highest BCUT2D eigenvalue weighted by atomic mass is 14.5. The predicted octanol–water partition coefficient (Wildman–Crippen LogP) is 2.62. The SMILES string of the molecule is NCCC=CCc1ccc2c(c1)CCC2. The highest BCUT2D eigenvalue weighted by molar-refractivity contribution is 5.35. The fraction of sp³-hybridized carbons (Fsp3) is 0.429. The van der Waals surface area contributed by atoms with E-state index < -0.39 is 0 Å². The number of nitrogens with two attached hydrogens (primary N) is 1. The third-order valence-electron chi connectivity index (χ3n) is 3.02. The molecule has 1 aliphatic carbocycles. The number of fused-ring (bicyclic) bond motifs is 1. The third-order valence-corrected chi connectivity index (χ3v) is 3.02. The summed E-state index contributed by atoms with van der Waals surface area (Å²) in [6, 6.07) is 6.93. The van der Waals surface area contributed by atoms with Crippen molar-refractivity contribution in [3.05, 3.63) is 47.0 Å². The van der Waals surface area contributed by atoms with Crippen LogP contribution < -0.4 is 5.73 Å². The van der Waals surface area contributed by atoms with Crippen LogP contribution in [0.15, 0.2) is 30.4 Å². The van der Waals surface area contributed by atoms with E-state index in [1.807, 2.05) is 0 Å². The van der Waals surface area contributed by atoms with Crippen molar-refractivity contribution in [2.45, 2.75) is 32.1 Å². The van der Waals surface area contributed by atoms with E-state index in [0.29, 0.717) is 0 Å². The quantitative estimate of drug-likeness (QED) is 0.745. The lowest BCUT2D eigenvalue weighted by Crippen LogP contribution is -1.95. The average Bonchev–Trinajstić information content (AvgIpc) is 2.71. The first-order valence-electron chi connectivity index (χ1n) is 5.86. The molecule has 0 amide bonds. The topological polar surface area (TPSA) is 26.0 Å². The fourth-order valence-corrected chi connectivity index (χ4v) is 2.19. The Hall–Kier alpha value is -1.08. The van der Waals surface area contributed by atoms with Crippen molar-refractivity contribution < 1.29 is 0 Å². The van der Waals surface area contributed by atoms with Gasteiger partial charge in [-0.05, 0) is 55.3 Å². The zero-order chi connectivity index (χ0) is 10.5. The molecule has 0 radical (unpaired) electrons. The minimum atomic E-state index is 0.751. The van der Waals surface area contributed by atoms with Gasteiger partial charge in [-0.25, -0.2) is 0 Å². The van der Waals surface area contributed by atoms with Crippen LogP contribution in [0.1, 0.15) is 29.5 Å². The molecule has 1 aromatic carbocycles. The molecule has 0 unspecified atom stereocenters. The van der Waals surface area contributed by atoms with Gasteiger partial charge in [0.2, 0.25) is 0 Å². The van der Waals surface area contributed by atoms with Crippen molar-refractivity contribution in [2.24, 2.45) is 5.73 Å². The molecule has 2 rings (SSSR count). The number of hydrogen-bond acceptors (Lipinski definition) is 1. The van der Waals surface area contributed by atoms with E-state index in [1.54, 1.807) is 11.1 Å². The van der Waals surface area contributed by atoms with E-state index in [1.165, 1.54) is 24.8 Å². The molecular weight excluding hydrogens is 182 g/mol. The Bertz CT molecular complexity index is 352. The molecule has 15 heavy (non-hydrogen) atoms. The largest absolute Gasteiger partial charge is 0.330 e. The lowest BCUT2D eigenvalue weighted by molar-refractivity contribution is 0.911. The van der Waals surface area contributed by atoms with E-state index in [-0.39, 0.29) is 0 Å². The van der Waals surface area contributed by atoms with Crippen molar-refractivity contribution in [1.82, 2.24) is 0 Å². The van der Waals surface area contributed by atoms with Crippen LogP contribution in [-0.2, 0) is 19.3 Å². The van der Waals surface area contributed by atoms with Crippen molar-refractivity contribution in [1.29, 1.82) is 0 Å². The number of benzene rings is 1. The van der Waals surface area contributed by atoms with Crippen molar-refractivity contribution >= 4 is 0 Å². The van der Waals surface area contributed by atoms with E-state index in [0.717, 1.165) is 19.4 Å². The predicted molar refractivity (Wildman–Crippen MR) is 65.0 cm³/mol. The minimum absolute atomic E-state index is 0.751. The summed E-state index contributed by atoms with van der Waals surface area (Å²) in [5.41, 5.74) is 9.99. The lowest BCUT2D eigenvalue weighted by Gasteiger charge is -2.02. The molecule has 1 aromatic rings. The maximum Gasteiger partial charge on any atom is -0.00426 e. The number of allylic oxidation sites excluding steroid dienone is 1. The first kappa shape index (κ1) is 10.4. The zero-order valence-electron chi connectivity index (χ0n) is 9.21. The summed E-state index contributed by atoms with van der Waals surface area (Å²) in [6.07, 6.45) is 10.3. The van der Waals surface area contributed by atoms with Crippen LogP contribution in [0.2, 0.25) is 0 Å². The Balaban J connectivity index is 1.98. The molecule has 0 aromatic heterocycles. The van der Waals surface area contributed by atoms with Crippen LogP contribution in [0.25, 0.3) is 0 Å². The second kappa shape index (κ2) is 5.13. The van der Waals surface area contributed by atoms with Crippen LogP contribution in [0, 0.1) is 0 Å². The summed E-state index contributed by atoms with van der Waals surface area (Å²) in [5.74, 6) is 0. The third kappa shape index (κ3) is 2.69. The summed E-state index contributed by atoms with van der Waals surface area (Å²) in [5, 5.41) is 0. The maximum absolute atomic E-state index is 5.43. The monoisotopic (exact) mass is 201 g/mol. The van der Waals surface area contributed by atoms with Gasteiger partial charge in [-0.3, -0.25) is 0 Å². The molecule has 1 heteroatoms. The summed E-state index contributed by atoms with van der Waals surface area (Å²) in [7, 11) is 0. The van der Waals surface area contributed by atoms with E-state index in [2.05, 4.69) is 30.4 Å². The minimum Gasteiger partial charge on any atom is -0.330 e. The molecule has 0 saturated heterocycles. The molecule has 0 aliphatic heterocycles. The number of hydrogen-bond donors (Lipinski definition) is 1. The molecule has 0 atom stereocenters. The molecular formula is C14H19N. The van der Waals surface area contributed by atoms with Gasteiger partial charge < -0.3 is 5.73 Å². The van der Waals surface area contributed by atoms with E-state index in [9.17, 15) is 0 Å². The average molecular weight is 201 g/mol. The molecule has 0 fully saturated rings. The Labute approximate surface area is 92.0 Å². The second-order valence-corrected chi connectivity index (χ2v) is 4.21. The molecule has 1 aliphatic rings. The standard InChI is InChI=1S/C14H19N/c15-10-3-1-2-5-12-8-9-13-6-4-7-14(13)11-12/h1-2,8-9,11H,3-7,10,15H2. The van der Waals surface area contributed by atoms with Crippen LogP contribution in [-0.4, -0.2) is 6.54 Å². The molecule has 80 valence electrons. The van der Waals surface area contributed by atoms with E-state index >= 15 is 0 Å². The maximum atomic E-state index is 5.43. The van der Waals surface area contributed by atoms with Gasteiger partial charge in [0.15, 0.2) is 0 Å². The highest BCUT2D eigenvalue weighted by Gasteiger charge is 2.09. The highest BCUT2D eigenvalue weighted by Crippen LogP contribution is 2.22. The number of rotatable bonds is 4. The summed E-state index contributed by atoms with van der Waals surface area (Å²) in [4.78, 5) is 0. The Morgan fingerprint density at radius 2 is 2.00 bits per heavy atom.